The average molecular weight is 456 g/mol. The van der Waals surface area contributed by atoms with Crippen LogP contribution in [0.3, 0.4) is 0 Å². The fourth-order valence-electron chi connectivity index (χ4n) is 3.85. The summed E-state index contributed by atoms with van der Waals surface area (Å²) < 4.78 is 5.73. The van der Waals surface area contributed by atoms with Crippen molar-refractivity contribution in [2.75, 3.05) is 5.32 Å². The summed E-state index contributed by atoms with van der Waals surface area (Å²) in [7, 11) is 0. The van der Waals surface area contributed by atoms with Gasteiger partial charge < -0.3 is 9.73 Å². The molecule has 1 atom stereocenters. The van der Waals surface area contributed by atoms with E-state index in [2.05, 4.69) is 10.3 Å². The number of nitro groups is 1. The van der Waals surface area contributed by atoms with Gasteiger partial charge in [0.05, 0.1) is 10.5 Å². The maximum atomic E-state index is 12.8. The highest BCUT2D eigenvalue weighted by Crippen LogP contribution is 2.32. The van der Waals surface area contributed by atoms with Gasteiger partial charge in [0.1, 0.15) is 17.1 Å². The molecule has 2 heterocycles. The van der Waals surface area contributed by atoms with Gasteiger partial charge in [-0.1, -0.05) is 18.2 Å². The minimum atomic E-state index is -1.19. The number of fused-ring (bicyclic) bond motifs is 2. The summed E-state index contributed by atoms with van der Waals surface area (Å²) in [4.78, 5) is 54.1. The zero-order chi connectivity index (χ0) is 24.0. The highest BCUT2D eigenvalue weighted by molar-refractivity contribution is 6.24. The van der Waals surface area contributed by atoms with Crippen molar-refractivity contribution in [3.63, 3.8) is 0 Å². The van der Waals surface area contributed by atoms with Crippen molar-refractivity contribution < 1.29 is 23.7 Å². The normalized spacial score (nSPS) is 13.7. The summed E-state index contributed by atoms with van der Waals surface area (Å²) in [5.74, 6) is -1.81. The first kappa shape index (κ1) is 21.0. The zero-order valence-electron chi connectivity index (χ0n) is 17.7. The number of para-hydroxylation sites is 2. The van der Waals surface area contributed by atoms with E-state index in [9.17, 15) is 24.5 Å². The number of nitro benzene ring substituents is 1. The minimum Gasteiger partial charge on any atom is -0.436 e. The molecule has 1 aliphatic rings. The number of nitrogens with one attached hydrogen (secondary N) is 1. The molecule has 3 amide bonds. The van der Waals surface area contributed by atoms with Crippen LogP contribution in [0.4, 0.5) is 11.4 Å². The van der Waals surface area contributed by atoms with Crippen LogP contribution in [0.25, 0.3) is 22.6 Å². The maximum Gasteiger partial charge on any atom is 0.282 e. The standard InChI is InChI=1S/C24H16N4O6/c1-13(27-23(30)16-5-4-7-18(28(32)33)20(16)24(27)31)21(29)25-15-11-9-14(10-12-15)22-26-17-6-2-3-8-19(17)34-22/h2-13H,1H3,(H,25,29). The van der Waals surface area contributed by atoms with E-state index in [4.69, 9.17) is 4.42 Å². The van der Waals surface area contributed by atoms with E-state index in [1.165, 1.54) is 19.1 Å². The monoisotopic (exact) mass is 456 g/mol. The van der Waals surface area contributed by atoms with Crippen LogP contribution in [0.2, 0.25) is 0 Å². The van der Waals surface area contributed by atoms with Crippen LogP contribution in [0, 0.1) is 10.1 Å². The van der Waals surface area contributed by atoms with Crippen LogP contribution in [0.15, 0.2) is 71.1 Å². The molecule has 0 fully saturated rings. The number of rotatable bonds is 5. The largest absolute Gasteiger partial charge is 0.436 e. The van der Waals surface area contributed by atoms with Crippen molar-refractivity contribution in [2.24, 2.45) is 0 Å². The Labute approximate surface area is 192 Å². The van der Waals surface area contributed by atoms with Crippen LogP contribution >= 0.6 is 0 Å². The van der Waals surface area contributed by atoms with Gasteiger partial charge >= 0.3 is 0 Å². The highest BCUT2D eigenvalue weighted by Gasteiger charge is 2.44. The van der Waals surface area contributed by atoms with Gasteiger partial charge in [0.2, 0.25) is 11.8 Å². The SMILES string of the molecule is CC(C(=O)Nc1ccc(-c2nc3ccccc3o2)cc1)N1C(=O)c2cccc([N+](=O)[O-])c2C1=O. The molecule has 3 aromatic carbocycles. The number of hydrogen-bond acceptors (Lipinski definition) is 7. The van der Waals surface area contributed by atoms with Crippen molar-refractivity contribution in [3.05, 3.63) is 88.0 Å². The lowest BCUT2D eigenvalue weighted by atomic mass is 10.1. The van der Waals surface area contributed by atoms with E-state index in [0.29, 0.717) is 22.7 Å². The van der Waals surface area contributed by atoms with Gasteiger partial charge in [0.25, 0.3) is 17.5 Å². The molecule has 5 rings (SSSR count). The zero-order valence-corrected chi connectivity index (χ0v) is 17.7. The van der Waals surface area contributed by atoms with Gasteiger partial charge in [-0.2, -0.15) is 0 Å². The van der Waals surface area contributed by atoms with E-state index >= 15 is 0 Å². The second-order valence-corrected chi connectivity index (χ2v) is 7.67. The molecule has 0 saturated heterocycles. The first-order chi connectivity index (χ1) is 16.3. The Morgan fingerprint density at radius 1 is 1.03 bits per heavy atom. The van der Waals surface area contributed by atoms with Crippen LogP contribution in [0.5, 0.6) is 0 Å². The fraction of sp³-hybridized carbons (Fsp3) is 0.0833. The Balaban J connectivity index is 1.33. The van der Waals surface area contributed by atoms with Gasteiger partial charge in [0.15, 0.2) is 5.58 Å². The summed E-state index contributed by atoms with van der Waals surface area (Å²) in [6.45, 7) is 1.38. The molecule has 0 aliphatic carbocycles. The number of anilines is 1. The Morgan fingerprint density at radius 3 is 2.47 bits per heavy atom. The number of carbonyl (C=O) groups excluding carboxylic acids is 3. The smallest absolute Gasteiger partial charge is 0.282 e. The Kier molecular flexibility index (Phi) is 4.90. The third-order valence-corrected chi connectivity index (χ3v) is 5.58. The maximum absolute atomic E-state index is 12.8. The van der Waals surface area contributed by atoms with Crippen molar-refractivity contribution in [1.29, 1.82) is 0 Å². The topological polar surface area (TPSA) is 136 Å². The number of nitrogens with zero attached hydrogens (tertiary/aromatic N) is 3. The van der Waals surface area contributed by atoms with E-state index in [0.717, 1.165) is 16.5 Å². The van der Waals surface area contributed by atoms with Gasteiger partial charge in [-0.3, -0.25) is 29.4 Å². The predicted molar refractivity (Wildman–Crippen MR) is 121 cm³/mol. The van der Waals surface area contributed by atoms with Crippen molar-refractivity contribution in [2.45, 2.75) is 13.0 Å². The molecule has 1 aromatic heterocycles. The summed E-state index contributed by atoms with van der Waals surface area (Å²) in [6.07, 6.45) is 0. The molecule has 34 heavy (non-hydrogen) atoms. The van der Waals surface area contributed by atoms with E-state index in [1.807, 2.05) is 24.3 Å². The van der Waals surface area contributed by atoms with E-state index in [1.54, 1.807) is 24.3 Å². The summed E-state index contributed by atoms with van der Waals surface area (Å²) >= 11 is 0. The molecule has 0 radical (unpaired) electrons. The summed E-state index contributed by atoms with van der Waals surface area (Å²) in [5, 5.41) is 13.9. The molecule has 0 bridgehead atoms. The number of carbonyl (C=O) groups is 3. The molecule has 10 heteroatoms. The predicted octanol–water partition coefficient (Wildman–Crippen LogP) is 4.03. The Morgan fingerprint density at radius 2 is 1.76 bits per heavy atom. The highest BCUT2D eigenvalue weighted by atomic mass is 16.6. The third kappa shape index (κ3) is 3.37. The molecule has 168 valence electrons. The van der Waals surface area contributed by atoms with Crippen LogP contribution < -0.4 is 5.32 Å². The van der Waals surface area contributed by atoms with E-state index in [-0.39, 0.29) is 11.1 Å². The molecule has 1 aliphatic heterocycles. The number of aromatic nitrogens is 1. The molecule has 1 N–H and O–H groups in total. The second kappa shape index (κ2) is 7.93. The lowest BCUT2D eigenvalue weighted by Gasteiger charge is -2.21. The van der Waals surface area contributed by atoms with Gasteiger partial charge in [0, 0.05) is 17.3 Å². The molecule has 4 aromatic rings. The molecule has 10 nitrogen and oxygen atoms in total. The van der Waals surface area contributed by atoms with E-state index < -0.39 is 34.4 Å². The number of oxazole rings is 1. The lowest BCUT2D eigenvalue weighted by molar-refractivity contribution is -0.385. The number of imide groups is 1. The first-order valence-corrected chi connectivity index (χ1v) is 10.3. The Bertz CT molecular complexity index is 1460. The quantitative estimate of drug-likeness (QED) is 0.272. The van der Waals surface area contributed by atoms with Crippen molar-refractivity contribution >= 4 is 40.2 Å². The average Bonchev–Trinajstić information content (AvgIpc) is 3.38. The van der Waals surface area contributed by atoms with Gasteiger partial charge in [-0.05, 0) is 49.4 Å². The molecular formula is C24H16N4O6. The number of hydrogen-bond donors (Lipinski definition) is 1. The van der Waals surface area contributed by atoms with Crippen molar-refractivity contribution in [3.8, 4) is 11.5 Å². The fourth-order valence-corrected chi connectivity index (χ4v) is 3.85. The first-order valence-electron chi connectivity index (χ1n) is 10.3. The van der Waals surface area contributed by atoms with Crippen LogP contribution in [-0.2, 0) is 4.79 Å². The molecule has 0 saturated carbocycles. The van der Waals surface area contributed by atoms with Crippen LogP contribution in [0.1, 0.15) is 27.6 Å². The second-order valence-electron chi connectivity index (χ2n) is 7.67. The molecular weight excluding hydrogens is 440 g/mol. The third-order valence-electron chi connectivity index (χ3n) is 5.58. The minimum absolute atomic E-state index is 0.0958. The lowest BCUT2D eigenvalue weighted by Crippen LogP contribution is -2.45. The molecule has 1 unspecified atom stereocenters. The van der Waals surface area contributed by atoms with Crippen LogP contribution in [-0.4, -0.2) is 38.6 Å². The molecule has 0 spiro atoms. The Hall–Kier alpha value is -4.86. The van der Waals surface area contributed by atoms with Gasteiger partial charge in [-0.15, -0.1) is 0 Å². The summed E-state index contributed by atoms with van der Waals surface area (Å²) in [5.41, 5.74) is 1.64. The number of amides is 3. The van der Waals surface area contributed by atoms with Crippen molar-refractivity contribution in [1.82, 2.24) is 9.88 Å². The number of benzene rings is 3. The van der Waals surface area contributed by atoms with Gasteiger partial charge in [-0.25, -0.2) is 4.98 Å². The summed E-state index contributed by atoms with van der Waals surface area (Å²) in [6, 6.07) is 16.7.